The van der Waals surface area contributed by atoms with Gasteiger partial charge >= 0.3 is 0 Å². The van der Waals surface area contributed by atoms with Gasteiger partial charge in [-0.05, 0) is 48.2 Å². The molecule has 2 aromatic rings. The van der Waals surface area contributed by atoms with E-state index in [1.54, 1.807) is 43.3 Å². The van der Waals surface area contributed by atoms with E-state index in [9.17, 15) is 17.6 Å². The lowest BCUT2D eigenvalue weighted by Gasteiger charge is -2.07. The molecule has 0 radical (unpaired) electrons. The largest absolute Gasteiger partial charge is 0.356 e. The van der Waals surface area contributed by atoms with Gasteiger partial charge in [0.2, 0.25) is 15.9 Å². The number of rotatable bonds is 9. The van der Waals surface area contributed by atoms with Gasteiger partial charge in [0.25, 0.3) is 0 Å². The number of sulfonamides is 1. The van der Waals surface area contributed by atoms with Crippen LogP contribution in [0.4, 0.5) is 4.39 Å². The maximum atomic E-state index is 12.8. The van der Waals surface area contributed by atoms with Crippen molar-refractivity contribution in [3.05, 3.63) is 65.5 Å². The fraction of sp³-hybridized carbons (Fsp3) is 0.316. The minimum Gasteiger partial charge on any atom is -0.356 e. The van der Waals surface area contributed by atoms with E-state index in [0.29, 0.717) is 32.4 Å². The maximum absolute atomic E-state index is 12.8. The molecule has 0 saturated carbocycles. The minimum absolute atomic E-state index is 0.0688. The zero-order valence-corrected chi connectivity index (χ0v) is 15.5. The van der Waals surface area contributed by atoms with Gasteiger partial charge in [0.05, 0.1) is 4.90 Å². The summed E-state index contributed by atoms with van der Waals surface area (Å²) in [4.78, 5) is 12.1. The van der Waals surface area contributed by atoms with Gasteiger partial charge in [0.1, 0.15) is 5.82 Å². The molecule has 0 atom stereocenters. The van der Waals surface area contributed by atoms with Crippen LogP contribution >= 0.6 is 0 Å². The van der Waals surface area contributed by atoms with Gasteiger partial charge in [0.15, 0.2) is 0 Å². The highest BCUT2D eigenvalue weighted by Gasteiger charge is 2.11. The van der Waals surface area contributed by atoms with Gasteiger partial charge in [-0.1, -0.05) is 31.2 Å². The van der Waals surface area contributed by atoms with E-state index in [0.717, 1.165) is 11.1 Å². The molecule has 0 fully saturated rings. The predicted molar refractivity (Wildman–Crippen MR) is 98.7 cm³/mol. The third kappa shape index (κ3) is 6.24. The number of hydrogen-bond donors (Lipinski definition) is 2. The number of benzene rings is 2. The third-order valence-electron chi connectivity index (χ3n) is 3.86. The number of carbonyl (C=O) groups is 1. The summed E-state index contributed by atoms with van der Waals surface area (Å²) in [6.45, 7) is 2.54. The van der Waals surface area contributed by atoms with Gasteiger partial charge in [0, 0.05) is 19.5 Å². The lowest BCUT2D eigenvalue weighted by Crippen LogP contribution is -2.26. The summed E-state index contributed by atoms with van der Waals surface area (Å²) in [6, 6.07) is 12.7. The van der Waals surface area contributed by atoms with Crippen molar-refractivity contribution in [2.45, 2.75) is 31.1 Å². The first kappa shape index (κ1) is 20.1. The topological polar surface area (TPSA) is 75.3 Å². The van der Waals surface area contributed by atoms with Gasteiger partial charge in [-0.3, -0.25) is 4.79 Å². The Balaban J connectivity index is 1.75. The van der Waals surface area contributed by atoms with E-state index in [4.69, 9.17) is 0 Å². The summed E-state index contributed by atoms with van der Waals surface area (Å²) in [5.74, 6) is -0.358. The highest BCUT2D eigenvalue weighted by molar-refractivity contribution is 7.89. The average Bonchev–Trinajstić information content (AvgIpc) is 2.62. The monoisotopic (exact) mass is 378 g/mol. The van der Waals surface area contributed by atoms with Crippen LogP contribution in [-0.4, -0.2) is 27.4 Å². The molecule has 5 nitrogen and oxygen atoms in total. The number of nitrogens with one attached hydrogen (secondary N) is 2. The number of amides is 1. The molecule has 1 amide bonds. The molecule has 2 aromatic carbocycles. The van der Waals surface area contributed by atoms with Gasteiger partial charge in [-0.15, -0.1) is 0 Å². The summed E-state index contributed by atoms with van der Waals surface area (Å²) in [5.41, 5.74) is 1.86. The highest BCUT2D eigenvalue weighted by atomic mass is 32.2. The second-order valence-electron chi connectivity index (χ2n) is 5.87. The van der Waals surface area contributed by atoms with Gasteiger partial charge in [-0.25, -0.2) is 17.5 Å². The molecule has 26 heavy (non-hydrogen) atoms. The van der Waals surface area contributed by atoms with Gasteiger partial charge in [-0.2, -0.15) is 0 Å². The summed E-state index contributed by atoms with van der Waals surface area (Å²) in [6.07, 6.45) is 1.51. The standard InChI is InChI=1S/C19H23FN2O3S/c1-2-22-26(24,25)18-10-5-16(6-11-18)13-14-21-19(23)12-7-15-3-8-17(20)9-4-15/h3-6,8-11,22H,2,7,12-14H2,1H3,(H,21,23). The summed E-state index contributed by atoms with van der Waals surface area (Å²) >= 11 is 0. The van der Waals surface area contributed by atoms with Crippen LogP contribution in [-0.2, 0) is 27.7 Å². The third-order valence-corrected chi connectivity index (χ3v) is 5.42. The van der Waals surface area contributed by atoms with Crippen LogP contribution < -0.4 is 10.0 Å². The molecule has 0 aliphatic rings. The molecular weight excluding hydrogens is 355 g/mol. The van der Waals surface area contributed by atoms with Crippen molar-refractivity contribution in [2.75, 3.05) is 13.1 Å². The Morgan fingerprint density at radius 1 is 0.962 bits per heavy atom. The fourth-order valence-corrected chi connectivity index (χ4v) is 3.49. The van der Waals surface area contributed by atoms with Crippen molar-refractivity contribution >= 4 is 15.9 Å². The predicted octanol–water partition coefficient (Wildman–Crippen LogP) is 2.42. The Bertz CT molecular complexity index is 819. The SMILES string of the molecule is CCNS(=O)(=O)c1ccc(CCNC(=O)CCc2ccc(F)cc2)cc1. The fourth-order valence-electron chi connectivity index (χ4n) is 2.45. The first-order chi connectivity index (χ1) is 12.4. The molecule has 0 spiro atoms. The van der Waals surface area contributed by atoms with Crippen molar-refractivity contribution in [2.24, 2.45) is 0 Å². The van der Waals surface area contributed by atoms with Crippen molar-refractivity contribution in [1.82, 2.24) is 10.0 Å². The molecule has 0 saturated heterocycles. The smallest absolute Gasteiger partial charge is 0.240 e. The Labute approximate surface area is 153 Å². The number of halogens is 1. The minimum atomic E-state index is -3.44. The summed E-state index contributed by atoms with van der Waals surface area (Å²) < 4.78 is 39.0. The van der Waals surface area contributed by atoms with Crippen LogP contribution in [0, 0.1) is 5.82 Å². The Kier molecular flexibility index (Phi) is 7.29. The molecule has 140 valence electrons. The molecule has 0 aliphatic heterocycles. The van der Waals surface area contributed by atoms with E-state index < -0.39 is 10.0 Å². The van der Waals surface area contributed by atoms with Crippen LogP contribution in [0.2, 0.25) is 0 Å². The molecule has 0 aromatic heterocycles. The normalized spacial score (nSPS) is 11.3. The molecule has 0 bridgehead atoms. The van der Waals surface area contributed by atoms with Crippen molar-refractivity contribution in [1.29, 1.82) is 0 Å². The lowest BCUT2D eigenvalue weighted by molar-refractivity contribution is -0.121. The zero-order chi connectivity index (χ0) is 19.0. The van der Waals surface area contributed by atoms with Gasteiger partial charge < -0.3 is 5.32 Å². The van der Waals surface area contributed by atoms with E-state index in [1.165, 1.54) is 12.1 Å². The molecule has 0 heterocycles. The van der Waals surface area contributed by atoms with E-state index >= 15 is 0 Å². The Morgan fingerprint density at radius 3 is 2.15 bits per heavy atom. The van der Waals surface area contributed by atoms with E-state index in [1.807, 2.05) is 0 Å². The second-order valence-corrected chi connectivity index (χ2v) is 7.64. The first-order valence-electron chi connectivity index (χ1n) is 8.50. The number of hydrogen-bond acceptors (Lipinski definition) is 3. The van der Waals surface area contributed by atoms with E-state index in [-0.39, 0.29) is 16.6 Å². The van der Waals surface area contributed by atoms with Crippen LogP contribution in [0.5, 0.6) is 0 Å². The maximum Gasteiger partial charge on any atom is 0.240 e. The summed E-state index contributed by atoms with van der Waals surface area (Å²) in [7, 11) is -3.44. The Morgan fingerprint density at radius 2 is 1.54 bits per heavy atom. The molecule has 7 heteroatoms. The average molecular weight is 378 g/mol. The first-order valence-corrected chi connectivity index (χ1v) is 9.99. The van der Waals surface area contributed by atoms with Crippen LogP contribution in [0.3, 0.4) is 0 Å². The zero-order valence-electron chi connectivity index (χ0n) is 14.7. The van der Waals surface area contributed by atoms with Crippen molar-refractivity contribution in [3.63, 3.8) is 0 Å². The number of aryl methyl sites for hydroxylation is 1. The van der Waals surface area contributed by atoms with Crippen LogP contribution in [0.15, 0.2) is 53.4 Å². The quantitative estimate of drug-likeness (QED) is 0.704. The highest BCUT2D eigenvalue weighted by Crippen LogP contribution is 2.11. The molecule has 0 aliphatic carbocycles. The van der Waals surface area contributed by atoms with E-state index in [2.05, 4.69) is 10.0 Å². The molecular formula is C19H23FN2O3S. The molecule has 0 unspecified atom stereocenters. The van der Waals surface area contributed by atoms with Crippen LogP contribution in [0.25, 0.3) is 0 Å². The molecule has 2 rings (SSSR count). The van der Waals surface area contributed by atoms with Crippen LogP contribution in [0.1, 0.15) is 24.5 Å². The lowest BCUT2D eigenvalue weighted by atomic mass is 10.1. The van der Waals surface area contributed by atoms with Crippen molar-refractivity contribution in [3.8, 4) is 0 Å². The number of carbonyl (C=O) groups excluding carboxylic acids is 1. The van der Waals surface area contributed by atoms with Crippen molar-refractivity contribution < 1.29 is 17.6 Å². The molecule has 2 N–H and O–H groups in total. The Hall–Kier alpha value is -2.25. The summed E-state index contributed by atoms with van der Waals surface area (Å²) in [5, 5.41) is 2.83. The second kappa shape index (κ2) is 9.45.